The molecule has 29 heavy (non-hydrogen) atoms. The van der Waals surface area contributed by atoms with E-state index in [2.05, 4.69) is 25.5 Å². The Labute approximate surface area is 188 Å². The van der Waals surface area contributed by atoms with Crippen LogP contribution in [0.25, 0.3) is 0 Å². The molecule has 0 radical (unpaired) electrons. The lowest BCUT2D eigenvalue weighted by Crippen LogP contribution is -2.49. The van der Waals surface area contributed by atoms with Gasteiger partial charge in [0.25, 0.3) is 0 Å². The van der Waals surface area contributed by atoms with Crippen molar-refractivity contribution in [3.63, 3.8) is 0 Å². The molecule has 1 aromatic carbocycles. The molecule has 0 atom stereocenters. The van der Waals surface area contributed by atoms with E-state index < -0.39 is 11.6 Å². The van der Waals surface area contributed by atoms with E-state index in [0.717, 1.165) is 50.3 Å². The highest BCUT2D eigenvalue weighted by Crippen LogP contribution is 2.17. The number of anilines is 1. The molecule has 0 unspecified atom stereocenters. The molecule has 0 spiro atoms. The summed E-state index contributed by atoms with van der Waals surface area (Å²) in [5.41, 5.74) is 0.477. The number of nitrogens with zero attached hydrogens (tertiary/aromatic N) is 3. The molecule has 3 rings (SSSR count). The van der Waals surface area contributed by atoms with Gasteiger partial charge in [0.05, 0.1) is 0 Å². The maximum atomic E-state index is 13.7. The Balaban J connectivity index is 0.00000300. The Morgan fingerprint density at radius 3 is 2.66 bits per heavy atom. The molecule has 0 amide bonds. The SMILES string of the molecule is CCNC(=NCCc1ccc(F)cc1F)NC1CCN(c2ccccn2)CC1.I. The Hall–Kier alpha value is -1.97. The molecular weight excluding hydrogens is 487 g/mol. The third-order valence-electron chi connectivity index (χ3n) is 4.82. The van der Waals surface area contributed by atoms with E-state index in [-0.39, 0.29) is 24.0 Å². The highest BCUT2D eigenvalue weighted by molar-refractivity contribution is 14.0. The summed E-state index contributed by atoms with van der Waals surface area (Å²) in [6, 6.07) is 9.97. The lowest BCUT2D eigenvalue weighted by molar-refractivity contribution is 0.459. The third kappa shape index (κ3) is 7.09. The average Bonchev–Trinajstić information content (AvgIpc) is 2.71. The third-order valence-corrected chi connectivity index (χ3v) is 4.82. The van der Waals surface area contributed by atoms with E-state index in [4.69, 9.17) is 0 Å². The number of piperidine rings is 1. The second kappa shape index (κ2) is 11.9. The molecule has 2 heterocycles. The van der Waals surface area contributed by atoms with Crippen molar-refractivity contribution < 1.29 is 8.78 Å². The molecule has 0 saturated carbocycles. The molecule has 0 aliphatic carbocycles. The minimum atomic E-state index is -0.559. The lowest BCUT2D eigenvalue weighted by Gasteiger charge is -2.33. The standard InChI is InChI=1S/C21H27F2N5.HI/c1-2-24-21(26-12-8-16-6-7-17(22)15-19(16)23)27-18-9-13-28(14-10-18)20-5-3-4-11-25-20;/h3-7,11,15,18H,2,8-10,12-14H2,1H3,(H2,24,26,27);1H. The van der Waals surface area contributed by atoms with E-state index in [1.807, 2.05) is 31.3 Å². The number of hydrogen-bond acceptors (Lipinski definition) is 3. The largest absolute Gasteiger partial charge is 0.357 e. The molecule has 158 valence electrons. The van der Waals surface area contributed by atoms with Crippen LogP contribution in [0.2, 0.25) is 0 Å². The minimum absolute atomic E-state index is 0. The smallest absolute Gasteiger partial charge is 0.191 e. The Morgan fingerprint density at radius 1 is 1.21 bits per heavy atom. The fourth-order valence-corrected chi connectivity index (χ4v) is 3.32. The topological polar surface area (TPSA) is 52.6 Å². The number of aromatic nitrogens is 1. The first-order valence-corrected chi connectivity index (χ1v) is 9.80. The normalized spacial score (nSPS) is 15.0. The summed E-state index contributed by atoms with van der Waals surface area (Å²) in [5, 5.41) is 6.72. The van der Waals surface area contributed by atoms with Gasteiger partial charge in [-0.1, -0.05) is 12.1 Å². The molecule has 0 bridgehead atoms. The van der Waals surface area contributed by atoms with E-state index in [1.54, 1.807) is 0 Å². The van der Waals surface area contributed by atoms with Crippen molar-refractivity contribution in [2.45, 2.75) is 32.2 Å². The predicted octanol–water partition coefficient (Wildman–Crippen LogP) is 3.74. The number of nitrogens with one attached hydrogen (secondary N) is 2. The van der Waals surface area contributed by atoms with Crippen LogP contribution < -0.4 is 15.5 Å². The molecular formula is C21H28F2IN5. The zero-order valence-electron chi connectivity index (χ0n) is 16.6. The van der Waals surface area contributed by atoms with E-state index >= 15 is 0 Å². The number of benzene rings is 1. The number of pyridine rings is 1. The van der Waals surface area contributed by atoms with Crippen LogP contribution >= 0.6 is 24.0 Å². The van der Waals surface area contributed by atoms with Crippen molar-refractivity contribution in [2.24, 2.45) is 4.99 Å². The van der Waals surface area contributed by atoms with Gasteiger partial charge in [-0.15, -0.1) is 24.0 Å². The van der Waals surface area contributed by atoms with Gasteiger partial charge in [0, 0.05) is 44.5 Å². The van der Waals surface area contributed by atoms with Crippen molar-refractivity contribution in [1.82, 2.24) is 15.6 Å². The van der Waals surface area contributed by atoms with E-state index in [0.29, 0.717) is 24.6 Å². The number of aliphatic imine (C=N–C) groups is 1. The van der Waals surface area contributed by atoms with Crippen LogP contribution in [0.5, 0.6) is 0 Å². The number of halogens is 3. The molecule has 1 fully saturated rings. The van der Waals surface area contributed by atoms with Crippen molar-refractivity contribution >= 4 is 35.8 Å². The highest BCUT2D eigenvalue weighted by atomic mass is 127. The first kappa shape index (κ1) is 23.3. The number of guanidine groups is 1. The van der Waals surface area contributed by atoms with Gasteiger partial charge in [0.1, 0.15) is 17.5 Å². The fourth-order valence-electron chi connectivity index (χ4n) is 3.32. The Bertz CT molecular complexity index is 780. The maximum absolute atomic E-state index is 13.7. The molecule has 8 heteroatoms. The van der Waals surface area contributed by atoms with Crippen LogP contribution in [0, 0.1) is 11.6 Å². The predicted molar refractivity (Wildman–Crippen MR) is 124 cm³/mol. The summed E-state index contributed by atoms with van der Waals surface area (Å²) >= 11 is 0. The van der Waals surface area contributed by atoms with Gasteiger partial charge in [-0.3, -0.25) is 4.99 Å². The lowest BCUT2D eigenvalue weighted by atomic mass is 10.1. The van der Waals surface area contributed by atoms with Gasteiger partial charge < -0.3 is 15.5 Å². The zero-order valence-corrected chi connectivity index (χ0v) is 18.9. The van der Waals surface area contributed by atoms with Gasteiger partial charge in [-0.05, 0) is 49.9 Å². The average molecular weight is 515 g/mol. The molecule has 5 nitrogen and oxygen atoms in total. The summed E-state index contributed by atoms with van der Waals surface area (Å²) in [5.74, 6) is 0.677. The van der Waals surface area contributed by atoms with Crippen molar-refractivity contribution in [2.75, 3.05) is 31.1 Å². The Morgan fingerprint density at radius 2 is 2.00 bits per heavy atom. The summed E-state index contributed by atoms with van der Waals surface area (Å²) in [4.78, 5) is 11.3. The van der Waals surface area contributed by atoms with E-state index in [9.17, 15) is 8.78 Å². The van der Waals surface area contributed by atoms with Crippen LogP contribution in [-0.2, 0) is 6.42 Å². The van der Waals surface area contributed by atoms with Crippen LogP contribution in [-0.4, -0.2) is 43.2 Å². The van der Waals surface area contributed by atoms with E-state index in [1.165, 1.54) is 12.1 Å². The van der Waals surface area contributed by atoms with Gasteiger partial charge in [0.2, 0.25) is 0 Å². The molecule has 1 aromatic heterocycles. The van der Waals surface area contributed by atoms with Crippen molar-refractivity contribution in [3.05, 3.63) is 59.8 Å². The summed E-state index contributed by atoms with van der Waals surface area (Å²) in [6.07, 6.45) is 4.24. The van der Waals surface area contributed by atoms with Crippen LogP contribution in [0.4, 0.5) is 14.6 Å². The summed E-state index contributed by atoms with van der Waals surface area (Å²) < 4.78 is 26.7. The van der Waals surface area contributed by atoms with Crippen molar-refractivity contribution in [3.8, 4) is 0 Å². The summed E-state index contributed by atoms with van der Waals surface area (Å²) in [7, 11) is 0. The van der Waals surface area contributed by atoms with Crippen LogP contribution in [0.15, 0.2) is 47.6 Å². The minimum Gasteiger partial charge on any atom is -0.357 e. The first-order valence-electron chi connectivity index (χ1n) is 9.80. The number of hydrogen-bond donors (Lipinski definition) is 2. The van der Waals surface area contributed by atoms with Crippen molar-refractivity contribution in [1.29, 1.82) is 0 Å². The fraction of sp³-hybridized carbons (Fsp3) is 0.429. The maximum Gasteiger partial charge on any atom is 0.191 e. The molecule has 2 aromatic rings. The Kier molecular flexibility index (Phi) is 9.56. The molecule has 1 aliphatic heterocycles. The van der Waals surface area contributed by atoms with Gasteiger partial charge in [0.15, 0.2) is 5.96 Å². The highest BCUT2D eigenvalue weighted by Gasteiger charge is 2.20. The molecule has 2 N–H and O–H groups in total. The summed E-state index contributed by atoms with van der Waals surface area (Å²) in [6.45, 7) is 5.08. The second-order valence-corrected chi connectivity index (χ2v) is 6.84. The number of rotatable bonds is 6. The first-order chi connectivity index (χ1) is 13.7. The van der Waals surface area contributed by atoms with Gasteiger partial charge >= 0.3 is 0 Å². The zero-order chi connectivity index (χ0) is 19.8. The van der Waals surface area contributed by atoms with Gasteiger partial charge in [-0.25, -0.2) is 13.8 Å². The van der Waals surface area contributed by atoms with Crippen LogP contribution in [0.1, 0.15) is 25.3 Å². The van der Waals surface area contributed by atoms with Gasteiger partial charge in [-0.2, -0.15) is 0 Å². The molecule has 1 aliphatic rings. The monoisotopic (exact) mass is 515 g/mol. The van der Waals surface area contributed by atoms with Crippen LogP contribution in [0.3, 0.4) is 0 Å². The molecule has 1 saturated heterocycles. The quantitative estimate of drug-likeness (QED) is 0.350. The second-order valence-electron chi connectivity index (χ2n) is 6.84.